The average Bonchev–Trinajstić information content (AvgIpc) is 2.62. The summed E-state index contributed by atoms with van der Waals surface area (Å²) in [6.45, 7) is 1.37. The van der Waals surface area contributed by atoms with Crippen molar-refractivity contribution < 1.29 is 33.0 Å². The SMILES string of the molecule is COc1ccc(C(=O)O[C@@H](C)C(=O)Nc2ccc(SC(F)F)cc2)c(O)c1. The normalized spacial score (nSPS) is 11.7. The van der Waals surface area contributed by atoms with Crippen molar-refractivity contribution in [3.05, 3.63) is 48.0 Å². The smallest absolute Gasteiger partial charge is 0.342 e. The molecule has 0 saturated heterocycles. The fraction of sp³-hybridized carbons (Fsp3) is 0.222. The van der Waals surface area contributed by atoms with Crippen LogP contribution in [0.2, 0.25) is 0 Å². The van der Waals surface area contributed by atoms with E-state index in [-0.39, 0.29) is 11.3 Å². The first kappa shape index (κ1) is 20.5. The lowest BCUT2D eigenvalue weighted by Crippen LogP contribution is -2.30. The first-order chi connectivity index (χ1) is 12.8. The quantitative estimate of drug-likeness (QED) is 0.545. The van der Waals surface area contributed by atoms with Gasteiger partial charge in [-0.25, -0.2) is 4.79 Å². The number of esters is 1. The summed E-state index contributed by atoms with van der Waals surface area (Å²) in [5.41, 5.74) is 0.262. The Morgan fingerprint density at radius 2 is 1.81 bits per heavy atom. The van der Waals surface area contributed by atoms with Crippen molar-refractivity contribution in [1.29, 1.82) is 0 Å². The van der Waals surface area contributed by atoms with E-state index in [4.69, 9.17) is 9.47 Å². The second-order valence-corrected chi connectivity index (χ2v) is 6.39. The van der Waals surface area contributed by atoms with E-state index in [0.717, 1.165) is 0 Å². The number of carbonyl (C=O) groups excluding carboxylic acids is 2. The topological polar surface area (TPSA) is 84.9 Å². The third-order valence-corrected chi connectivity index (χ3v) is 4.15. The number of benzene rings is 2. The molecule has 0 aliphatic rings. The number of halogens is 2. The van der Waals surface area contributed by atoms with Crippen LogP contribution in [-0.4, -0.2) is 36.0 Å². The molecule has 0 aliphatic heterocycles. The minimum atomic E-state index is -2.53. The highest BCUT2D eigenvalue weighted by atomic mass is 32.2. The third kappa shape index (κ3) is 5.85. The number of nitrogens with one attached hydrogen (secondary N) is 1. The Balaban J connectivity index is 1.96. The van der Waals surface area contributed by atoms with E-state index in [1.165, 1.54) is 56.5 Å². The molecule has 0 aromatic heterocycles. The highest BCUT2D eigenvalue weighted by Gasteiger charge is 2.21. The highest BCUT2D eigenvalue weighted by Crippen LogP contribution is 2.26. The number of methoxy groups -OCH3 is 1. The van der Waals surface area contributed by atoms with E-state index < -0.39 is 23.7 Å². The summed E-state index contributed by atoms with van der Waals surface area (Å²) in [6, 6.07) is 9.86. The number of aromatic hydroxyl groups is 1. The Morgan fingerprint density at radius 3 is 2.37 bits per heavy atom. The second-order valence-electron chi connectivity index (χ2n) is 5.32. The summed E-state index contributed by atoms with van der Waals surface area (Å²) < 4.78 is 34.6. The first-order valence-electron chi connectivity index (χ1n) is 7.74. The molecule has 9 heteroatoms. The van der Waals surface area contributed by atoms with Crippen molar-refractivity contribution in [2.75, 3.05) is 12.4 Å². The molecule has 0 unspecified atom stereocenters. The van der Waals surface area contributed by atoms with Crippen LogP contribution in [0.4, 0.5) is 14.5 Å². The fourth-order valence-electron chi connectivity index (χ4n) is 2.05. The summed E-state index contributed by atoms with van der Waals surface area (Å²) in [7, 11) is 1.41. The van der Waals surface area contributed by atoms with Crippen LogP contribution in [-0.2, 0) is 9.53 Å². The number of phenols is 1. The van der Waals surface area contributed by atoms with Crippen molar-refractivity contribution in [3.8, 4) is 11.5 Å². The zero-order valence-electron chi connectivity index (χ0n) is 14.4. The fourth-order valence-corrected chi connectivity index (χ4v) is 2.55. The minimum absolute atomic E-state index is 0.108. The number of carbonyl (C=O) groups is 2. The summed E-state index contributed by atoms with van der Waals surface area (Å²) in [4.78, 5) is 24.6. The Bertz CT molecular complexity index is 814. The number of rotatable bonds is 7. The standard InChI is InChI=1S/C18H17F2NO5S/c1-10(26-17(24)14-8-5-12(25-2)9-15(14)22)16(23)21-11-3-6-13(7-4-11)27-18(19)20/h3-10,18,22H,1-2H3,(H,21,23)/t10-/m0/s1. The Kier molecular flexibility index (Phi) is 7.00. The predicted molar refractivity (Wildman–Crippen MR) is 96.5 cm³/mol. The van der Waals surface area contributed by atoms with Gasteiger partial charge in [0.1, 0.15) is 17.1 Å². The lowest BCUT2D eigenvalue weighted by atomic mass is 10.2. The number of hydrogen-bond acceptors (Lipinski definition) is 6. The van der Waals surface area contributed by atoms with Gasteiger partial charge in [-0.1, -0.05) is 11.8 Å². The van der Waals surface area contributed by atoms with E-state index in [2.05, 4.69) is 5.32 Å². The Labute approximate surface area is 158 Å². The molecule has 1 amide bonds. The summed E-state index contributed by atoms with van der Waals surface area (Å²) in [5.74, 6) is -3.98. The number of phenolic OH excluding ortho intramolecular Hbond substituents is 1. The summed E-state index contributed by atoms with van der Waals surface area (Å²) >= 11 is 0.394. The lowest BCUT2D eigenvalue weighted by Gasteiger charge is -2.14. The maximum atomic E-state index is 12.3. The van der Waals surface area contributed by atoms with Crippen LogP contribution in [0, 0.1) is 0 Å². The summed E-state index contributed by atoms with van der Waals surface area (Å²) in [6.07, 6.45) is -1.14. The van der Waals surface area contributed by atoms with Crippen molar-refractivity contribution >= 4 is 29.3 Å². The number of anilines is 1. The molecular formula is C18H17F2NO5S. The lowest BCUT2D eigenvalue weighted by molar-refractivity contribution is -0.123. The van der Waals surface area contributed by atoms with Gasteiger partial charge in [0.05, 0.1) is 7.11 Å². The second kappa shape index (κ2) is 9.22. The van der Waals surface area contributed by atoms with Crippen LogP contribution in [0.25, 0.3) is 0 Å². The van der Waals surface area contributed by atoms with Crippen molar-refractivity contribution in [2.45, 2.75) is 23.7 Å². The Hall–Kier alpha value is -2.81. The molecule has 0 fully saturated rings. The molecule has 2 N–H and O–H groups in total. The number of thioether (sulfide) groups is 1. The molecule has 0 radical (unpaired) electrons. The van der Waals surface area contributed by atoms with Gasteiger partial charge in [-0.3, -0.25) is 4.79 Å². The number of ether oxygens (including phenoxy) is 2. The molecule has 2 rings (SSSR count). The van der Waals surface area contributed by atoms with E-state index in [0.29, 0.717) is 28.1 Å². The van der Waals surface area contributed by atoms with Gasteiger partial charge in [0.25, 0.3) is 11.7 Å². The molecule has 1 atom stereocenters. The van der Waals surface area contributed by atoms with Crippen LogP contribution < -0.4 is 10.1 Å². The van der Waals surface area contributed by atoms with Gasteiger partial charge in [0.2, 0.25) is 0 Å². The number of hydrogen-bond donors (Lipinski definition) is 2. The maximum Gasteiger partial charge on any atom is 0.342 e. The van der Waals surface area contributed by atoms with Gasteiger partial charge in [-0.05, 0) is 43.3 Å². The zero-order chi connectivity index (χ0) is 20.0. The molecule has 0 aliphatic carbocycles. The highest BCUT2D eigenvalue weighted by molar-refractivity contribution is 7.99. The van der Waals surface area contributed by atoms with Crippen LogP contribution in [0.5, 0.6) is 11.5 Å². The predicted octanol–water partition coefficient (Wildman–Crippen LogP) is 3.90. The monoisotopic (exact) mass is 397 g/mol. The van der Waals surface area contributed by atoms with Gasteiger partial charge in [-0.2, -0.15) is 8.78 Å². The summed E-state index contributed by atoms with van der Waals surface area (Å²) in [5, 5.41) is 12.3. The van der Waals surface area contributed by atoms with Gasteiger partial charge in [-0.15, -0.1) is 0 Å². The van der Waals surface area contributed by atoms with Crippen LogP contribution in [0.3, 0.4) is 0 Å². The zero-order valence-corrected chi connectivity index (χ0v) is 15.3. The van der Waals surface area contributed by atoms with Gasteiger partial charge in [0.15, 0.2) is 6.10 Å². The molecule has 2 aromatic rings. The van der Waals surface area contributed by atoms with E-state index in [1.807, 2.05) is 0 Å². The maximum absolute atomic E-state index is 12.3. The van der Waals surface area contributed by atoms with Gasteiger partial charge in [0, 0.05) is 16.6 Å². The van der Waals surface area contributed by atoms with Crippen molar-refractivity contribution in [2.24, 2.45) is 0 Å². The largest absolute Gasteiger partial charge is 0.507 e. The van der Waals surface area contributed by atoms with E-state index in [1.54, 1.807) is 0 Å². The van der Waals surface area contributed by atoms with Crippen LogP contribution >= 0.6 is 11.8 Å². The third-order valence-electron chi connectivity index (χ3n) is 3.42. The molecule has 6 nitrogen and oxygen atoms in total. The van der Waals surface area contributed by atoms with E-state index in [9.17, 15) is 23.5 Å². The van der Waals surface area contributed by atoms with Gasteiger partial charge >= 0.3 is 5.97 Å². The molecule has 0 saturated carbocycles. The van der Waals surface area contributed by atoms with Gasteiger partial charge < -0.3 is 19.9 Å². The average molecular weight is 397 g/mol. The number of alkyl halides is 2. The molecule has 27 heavy (non-hydrogen) atoms. The van der Waals surface area contributed by atoms with Crippen molar-refractivity contribution in [1.82, 2.24) is 0 Å². The molecule has 144 valence electrons. The first-order valence-corrected chi connectivity index (χ1v) is 8.62. The number of amides is 1. The van der Waals surface area contributed by atoms with Crippen molar-refractivity contribution in [3.63, 3.8) is 0 Å². The Morgan fingerprint density at radius 1 is 1.15 bits per heavy atom. The van der Waals surface area contributed by atoms with Crippen LogP contribution in [0.1, 0.15) is 17.3 Å². The molecular weight excluding hydrogens is 380 g/mol. The molecule has 0 bridgehead atoms. The van der Waals surface area contributed by atoms with E-state index >= 15 is 0 Å². The molecule has 0 spiro atoms. The minimum Gasteiger partial charge on any atom is -0.507 e. The molecule has 2 aromatic carbocycles. The molecule has 0 heterocycles. The van der Waals surface area contributed by atoms with Crippen LogP contribution in [0.15, 0.2) is 47.4 Å².